The van der Waals surface area contributed by atoms with Gasteiger partial charge in [-0.15, -0.1) is 0 Å². The van der Waals surface area contributed by atoms with E-state index in [1.165, 1.54) is 7.11 Å². The third-order valence-corrected chi connectivity index (χ3v) is 4.13. The lowest BCUT2D eigenvalue weighted by Crippen LogP contribution is -2.13. The van der Waals surface area contributed by atoms with Crippen LogP contribution in [-0.2, 0) is 0 Å². The highest BCUT2D eigenvalue weighted by Crippen LogP contribution is 2.33. The summed E-state index contributed by atoms with van der Waals surface area (Å²) in [6.45, 7) is 1.68. The van der Waals surface area contributed by atoms with Crippen LogP contribution in [0.4, 0.5) is 5.69 Å². The third kappa shape index (κ3) is 3.88. The lowest BCUT2D eigenvalue weighted by molar-refractivity contribution is 0.102. The lowest BCUT2D eigenvalue weighted by Gasteiger charge is -2.13. The molecule has 1 amide bonds. The summed E-state index contributed by atoms with van der Waals surface area (Å²) in [5, 5.41) is 12.4. The first kappa shape index (κ1) is 17.0. The normalized spacial score (nSPS) is 11.9. The van der Waals surface area contributed by atoms with Crippen molar-refractivity contribution < 1.29 is 14.6 Å². The van der Waals surface area contributed by atoms with E-state index in [0.29, 0.717) is 21.5 Å². The van der Waals surface area contributed by atoms with Crippen LogP contribution in [-0.4, -0.2) is 18.1 Å². The van der Waals surface area contributed by atoms with Crippen molar-refractivity contribution in [3.63, 3.8) is 0 Å². The van der Waals surface area contributed by atoms with E-state index in [2.05, 4.69) is 37.2 Å². The van der Waals surface area contributed by atoms with Crippen molar-refractivity contribution in [2.24, 2.45) is 0 Å². The number of carbonyl (C=O) groups is 1. The summed E-state index contributed by atoms with van der Waals surface area (Å²) in [5.41, 5.74) is 1.76. The number of hydrogen-bond acceptors (Lipinski definition) is 3. The molecule has 116 valence electrons. The highest BCUT2D eigenvalue weighted by Gasteiger charge is 2.17. The standard InChI is InChI=1S/C16H15Br2NO3/c1-9(20)10-4-3-5-12(6-10)19-16(21)13-7-11(17)8-14(18)15(13)22-2/h3-9,20H,1-2H3,(H,19,21)/t9-/m0/s1. The molecule has 0 aliphatic heterocycles. The Morgan fingerprint density at radius 2 is 2.00 bits per heavy atom. The number of amides is 1. The second kappa shape index (κ2) is 7.26. The average molecular weight is 429 g/mol. The molecule has 2 aromatic carbocycles. The molecule has 2 N–H and O–H groups in total. The molecule has 22 heavy (non-hydrogen) atoms. The van der Waals surface area contributed by atoms with Crippen molar-refractivity contribution in [1.29, 1.82) is 0 Å². The molecule has 0 aliphatic rings. The third-order valence-electron chi connectivity index (χ3n) is 3.08. The Kier molecular flexibility index (Phi) is 5.61. The first-order valence-corrected chi connectivity index (χ1v) is 8.13. The van der Waals surface area contributed by atoms with E-state index >= 15 is 0 Å². The predicted molar refractivity (Wildman–Crippen MR) is 93.4 cm³/mol. The molecule has 0 aromatic heterocycles. The summed E-state index contributed by atoms with van der Waals surface area (Å²) in [5.74, 6) is 0.175. The molecule has 1 atom stereocenters. The minimum absolute atomic E-state index is 0.290. The Labute approximate surface area is 145 Å². The topological polar surface area (TPSA) is 58.6 Å². The molecule has 2 aromatic rings. The maximum Gasteiger partial charge on any atom is 0.259 e. The van der Waals surface area contributed by atoms with Crippen LogP contribution in [0.1, 0.15) is 28.9 Å². The zero-order valence-corrected chi connectivity index (χ0v) is 15.2. The Bertz CT molecular complexity index is 702. The van der Waals surface area contributed by atoms with Crippen LogP contribution >= 0.6 is 31.9 Å². The van der Waals surface area contributed by atoms with Crippen LogP contribution in [0.15, 0.2) is 45.3 Å². The molecule has 0 saturated heterocycles. The van der Waals surface area contributed by atoms with Crippen molar-refractivity contribution in [3.05, 3.63) is 56.5 Å². The highest BCUT2D eigenvalue weighted by atomic mass is 79.9. The fourth-order valence-electron chi connectivity index (χ4n) is 2.01. The number of aliphatic hydroxyl groups excluding tert-OH is 1. The summed E-state index contributed by atoms with van der Waals surface area (Å²) < 4.78 is 6.74. The quantitative estimate of drug-likeness (QED) is 0.752. The Morgan fingerprint density at radius 3 is 2.64 bits per heavy atom. The maximum absolute atomic E-state index is 12.5. The van der Waals surface area contributed by atoms with Gasteiger partial charge >= 0.3 is 0 Å². The van der Waals surface area contributed by atoms with Gasteiger partial charge in [0.2, 0.25) is 0 Å². The highest BCUT2D eigenvalue weighted by molar-refractivity contribution is 9.11. The van der Waals surface area contributed by atoms with Gasteiger partial charge < -0.3 is 15.2 Å². The largest absolute Gasteiger partial charge is 0.495 e. The van der Waals surface area contributed by atoms with Gasteiger partial charge in [-0.25, -0.2) is 0 Å². The first-order chi connectivity index (χ1) is 10.4. The van der Waals surface area contributed by atoms with Crippen LogP contribution in [0.2, 0.25) is 0 Å². The fourth-order valence-corrected chi connectivity index (χ4v) is 3.40. The summed E-state index contributed by atoms with van der Waals surface area (Å²) in [6, 6.07) is 10.6. The monoisotopic (exact) mass is 427 g/mol. The van der Waals surface area contributed by atoms with E-state index in [1.807, 2.05) is 6.07 Å². The van der Waals surface area contributed by atoms with Crippen molar-refractivity contribution in [2.45, 2.75) is 13.0 Å². The molecule has 2 rings (SSSR count). The van der Waals surface area contributed by atoms with Crippen molar-refractivity contribution in [2.75, 3.05) is 12.4 Å². The molecule has 4 nitrogen and oxygen atoms in total. The van der Waals surface area contributed by atoms with Gasteiger partial charge in [0.25, 0.3) is 5.91 Å². The lowest BCUT2D eigenvalue weighted by atomic mass is 10.1. The zero-order valence-electron chi connectivity index (χ0n) is 12.1. The van der Waals surface area contributed by atoms with Crippen LogP contribution < -0.4 is 10.1 Å². The number of carbonyl (C=O) groups excluding carboxylic acids is 1. The average Bonchev–Trinajstić information content (AvgIpc) is 2.46. The number of nitrogens with one attached hydrogen (secondary N) is 1. The van der Waals surface area contributed by atoms with Crippen molar-refractivity contribution in [3.8, 4) is 5.75 Å². The fraction of sp³-hybridized carbons (Fsp3) is 0.188. The molecule has 0 heterocycles. The molecule has 0 fully saturated rings. The minimum atomic E-state index is -0.591. The molecule has 0 radical (unpaired) electrons. The number of anilines is 1. The van der Waals surface area contributed by atoms with Gasteiger partial charge in [-0.3, -0.25) is 4.79 Å². The SMILES string of the molecule is COc1c(Br)cc(Br)cc1C(=O)Nc1cccc([C@H](C)O)c1. The number of methoxy groups -OCH3 is 1. The van der Waals surface area contributed by atoms with E-state index in [0.717, 1.165) is 10.0 Å². The van der Waals surface area contributed by atoms with Crippen LogP contribution in [0.3, 0.4) is 0 Å². The zero-order chi connectivity index (χ0) is 16.3. The summed E-state index contributed by atoms with van der Waals surface area (Å²) >= 11 is 6.74. The molecule has 0 bridgehead atoms. The van der Waals surface area contributed by atoms with Gasteiger partial charge in [-0.05, 0) is 52.7 Å². The van der Waals surface area contributed by atoms with Crippen molar-refractivity contribution in [1.82, 2.24) is 0 Å². The van der Waals surface area contributed by atoms with E-state index in [1.54, 1.807) is 37.3 Å². The van der Waals surface area contributed by atoms with Crippen molar-refractivity contribution >= 4 is 43.5 Å². The maximum atomic E-state index is 12.5. The van der Waals surface area contributed by atoms with Gasteiger partial charge in [-0.2, -0.15) is 0 Å². The molecular formula is C16H15Br2NO3. The van der Waals surface area contributed by atoms with Crippen LogP contribution in [0.25, 0.3) is 0 Å². The van der Waals surface area contributed by atoms with Crippen LogP contribution in [0, 0.1) is 0 Å². The summed E-state index contributed by atoms with van der Waals surface area (Å²) in [4.78, 5) is 12.5. The molecule has 0 aliphatic carbocycles. The van der Waals surface area contributed by atoms with Gasteiger partial charge in [-0.1, -0.05) is 28.1 Å². The molecule has 0 spiro atoms. The van der Waals surface area contributed by atoms with E-state index in [9.17, 15) is 9.90 Å². The van der Waals surface area contributed by atoms with E-state index < -0.39 is 6.10 Å². The molecule has 6 heteroatoms. The minimum Gasteiger partial charge on any atom is -0.495 e. The Hall–Kier alpha value is -1.37. The second-order valence-corrected chi connectivity index (χ2v) is 6.49. The summed E-state index contributed by atoms with van der Waals surface area (Å²) in [6.07, 6.45) is -0.591. The Morgan fingerprint density at radius 1 is 1.27 bits per heavy atom. The van der Waals surface area contributed by atoms with E-state index in [4.69, 9.17) is 4.74 Å². The number of aliphatic hydroxyl groups is 1. The number of hydrogen-bond donors (Lipinski definition) is 2. The second-order valence-electron chi connectivity index (χ2n) is 4.72. The van der Waals surface area contributed by atoms with Gasteiger partial charge in [0.05, 0.1) is 23.2 Å². The Balaban J connectivity index is 2.32. The van der Waals surface area contributed by atoms with Gasteiger partial charge in [0.1, 0.15) is 5.75 Å². The van der Waals surface area contributed by atoms with E-state index in [-0.39, 0.29) is 5.91 Å². The molecule has 0 saturated carbocycles. The number of rotatable bonds is 4. The summed E-state index contributed by atoms with van der Waals surface area (Å²) in [7, 11) is 1.51. The number of ether oxygens (including phenoxy) is 1. The molecular weight excluding hydrogens is 414 g/mol. The number of benzene rings is 2. The smallest absolute Gasteiger partial charge is 0.259 e. The van der Waals surface area contributed by atoms with Gasteiger partial charge in [0.15, 0.2) is 0 Å². The predicted octanol–water partition coefficient (Wildman–Crippen LogP) is 4.53. The first-order valence-electron chi connectivity index (χ1n) is 6.54. The van der Waals surface area contributed by atoms with Crippen LogP contribution in [0.5, 0.6) is 5.75 Å². The van der Waals surface area contributed by atoms with Gasteiger partial charge in [0, 0.05) is 10.2 Å². The molecule has 0 unspecified atom stereocenters. The number of halogens is 2.